The molecule has 1 heterocycles. The van der Waals surface area contributed by atoms with Gasteiger partial charge in [-0.05, 0) is 72.6 Å². The molecular weight excluding hydrogens is 371 g/mol. The molecule has 2 rings (SSSR count). The fraction of sp³-hybridized carbons (Fsp3) is 0.429. The summed E-state index contributed by atoms with van der Waals surface area (Å²) >= 11 is 2.05. The van der Waals surface area contributed by atoms with Crippen LogP contribution in [0, 0.1) is 9.49 Å². The number of hydrogen-bond donors (Lipinski definition) is 3. The average molecular weight is 388 g/mol. The van der Waals surface area contributed by atoms with E-state index in [9.17, 15) is 9.59 Å². The third kappa shape index (κ3) is 4.17. The van der Waals surface area contributed by atoms with Gasteiger partial charge in [-0.15, -0.1) is 0 Å². The van der Waals surface area contributed by atoms with Crippen LogP contribution in [-0.4, -0.2) is 30.1 Å². The van der Waals surface area contributed by atoms with E-state index in [1.165, 1.54) is 0 Å². The van der Waals surface area contributed by atoms with Crippen molar-refractivity contribution in [1.29, 1.82) is 0 Å². The number of benzene rings is 1. The van der Waals surface area contributed by atoms with Crippen molar-refractivity contribution in [1.82, 2.24) is 5.32 Å². The van der Waals surface area contributed by atoms with Gasteiger partial charge in [0.25, 0.3) is 0 Å². The van der Waals surface area contributed by atoms with Gasteiger partial charge in [-0.3, -0.25) is 4.79 Å². The van der Waals surface area contributed by atoms with Gasteiger partial charge >= 0.3 is 5.97 Å². The minimum Gasteiger partial charge on any atom is -0.478 e. The van der Waals surface area contributed by atoms with Crippen LogP contribution < -0.4 is 10.6 Å². The minimum absolute atomic E-state index is 0.124. The van der Waals surface area contributed by atoms with E-state index >= 15 is 0 Å². The third-order valence-electron chi connectivity index (χ3n) is 3.43. The van der Waals surface area contributed by atoms with E-state index in [0.29, 0.717) is 18.0 Å². The molecule has 1 aromatic rings. The molecule has 20 heavy (non-hydrogen) atoms. The first-order valence-electron chi connectivity index (χ1n) is 6.59. The lowest BCUT2D eigenvalue weighted by Gasteiger charge is -2.11. The van der Waals surface area contributed by atoms with Crippen molar-refractivity contribution in [3.8, 4) is 0 Å². The maximum Gasteiger partial charge on any atom is 0.337 e. The predicted molar refractivity (Wildman–Crippen MR) is 85.0 cm³/mol. The van der Waals surface area contributed by atoms with Gasteiger partial charge < -0.3 is 15.7 Å². The second kappa shape index (κ2) is 7.03. The molecule has 1 fully saturated rings. The number of hydrogen-bond acceptors (Lipinski definition) is 3. The molecule has 1 unspecified atom stereocenters. The smallest absolute Gasteiger partial charge is 0.337 e. The first-order valence-corrected chi connectivity index (χ1v) is 7.67. The zero-order valence-electron chi connectivity index (χ0n) is 11.0. The molecule has 1 amide bonds. The number of rotatable bonds is 5. The Balaban J connectivity index is 1.94. The normalized spacial score (nSPS) is 17.9. The Morgan fingerprint density at radius 3 is 2.90 bits per heavy atom. The molecular formula is C14H17IN2O3. The molecule has 0 aliphatic carbocycles. The van der Waals surface area contributed by atoms with Crippen LogP contribution in [0.1, 0.15) is 29.6 Å². The fourth-order valence-electron chi connectivity index (χ4n) is 2.31. The van der Waals surface area contributed by atoms with Crippen LogP contribution in [0.5, 0.6) is 0 Å². The summed E-state index contributed by atoms with van der Waals surface area (Å²) in [5.74, 6) is -0.601. The summed E-state index contributed by atoms with van der Waals surface area (Å²) in [5.41, 5.74) is 0.500. The highest BCUT2D eigenvalue weighted by atomic mass is 127. The van der Waals surface area contributed by atoms with E-state index in [1.807, 2.05) is 22.6 Å². The van der Waals surface area contributed by atoms with Gasteiger partial charge in [0, 0.05) is 9.99 Å². The number of carboxylic acids is 1. The van der Waals surface area contributed by atoms with Crippen molar-refractivity contribution in [2.45, 2.75) is 19.3 Å². The summed E-state index contributed by atoms with van der Waals surface area (Å²) in [6.07, 6.45) is 2.38. The van der Waals surface area contributed by atoms with Crippen LogP contribution in [0.15, 0.2) is 18.2 Å². The van der Waals surface area contributed by atoms with Crippen LogP contribution >= 0.6 is 22.6 Å². The van der Waals surface area contributed by atoms with E-state index in [1.54, 1.807) is 18.2 Å². The van der Waals surface area contributed by atoms with E-state index in [0.717, 1.165) is 29.5 Å². The number of nitrogens with one attached hydrogen (secondary N) is 2. The molecule has 1 aliphatic rings. The number of carbonyl (C=O) groups is 2. The Kier molecular flexibility index (Phi) is 5.36. The second-order valence-electron chi connectivity index (χ2n) is 4.94. The van der Waals surface area contributed by atoms with Crippen molar-refractivity contribution in [2.24, 2.45) is 5.92 Å². The summed E-state index contributed by atoms with van der Waals surface area (Å²) in [7, 11) is 0. The summed E-state index contributed by atoms with van der Waals surface area (Å²) < 4.78 is 0.829. The number of aromatic carboxylic acids is 1. The molecule has 0 aromatic heterocycles. The van der Waals surface area contributed by atoms with E-state index in [2.05, 4.69) is 10.6 Å². The van der Waals surface area contributed by atoms with E-state index in [4.69, 9.17) is 5.11 Å². The lowest BCUT2D eigenvalue weighted by Crippen LogP contribution is -2.16. The maximum absolute atomic E-state index is 11.9. The highest BCUT2D eigenvalue weighted by molar-refractivity contribution is 14.1. The van der Waals surface area contributed by atoms with Crippen LogP contribution in [-0.2, 0) is 4.79 Å². The van der Waals surface area contributed by atoms with E-state index < -0.39 is 5.97 Å². The lowest BCUT2D eigenvalue weighted by atomic mass is 10.0. The molecule has 0 saturated carbocycles. The monoisotopic (exact) mass is 388 g/mol. The summed E-state index contributed by atoms with van der Waals surface area (Å²) in [4.78, 5) is 23.1. The first kappa shape index (κ1) is 15.2. The third-order valence-corrected chi connectivity index (χ3v) is 4.10. The Bertz CT molecular complexity index is 513. The molecule has 6 heteroatoms. The number of amides is 1. The Morgan fingerprint density at radius 1 is 1.45 bits per heavy atom. The molecule has 0 bridgehead atoms. The van der Waals surface area contributed by atoms with Gasteiger partial charge in [0.05, 0.1) is 11.3 Å². The van der Waals surface area contributed by atoms with Gasteiger partial charge in [0.2, 0.25) is 5.91 Å². The summed E-state index contributed by atoms with van der Waals surface area (Å²) in [6, 6.07) is 4.98. The highest BCUT2D eigenvalue weighted by Gasteiger charge is 2.17. The first-order chi connectivity index (χ1) is 9.56. The molecule has 1 aliphatic heterocycles. The molecule has 108 valence electrons. The van der Waals surface area contributed by atoms with Gasteiger partial charge in [-0.1, -0.05) is 0 Å². The Labute approximate surface area is 131 Å². The van der Waals surface area contributed by atoms with Crippen LogP contribution in [0.25, 0.3) is 0 Å². The van der Waals surface area contributed by atoms with Gasteiger partial charge in [0.1, 0.15) is 0 Å². The Hall–Kier alpha value is -1.15. The predicted octanol–water partition coefficient (Wildman–Crippen LogP) is 2.32. The number of carboxylic acid groups (broad SMARTS) is 1. The SMILES string of the molecule is O=C(CCC1CCNC1)Nc1ccc(I)cc1C(=O)O. The van der Waals surface area contributed by atoms with Crippen molar-refractivity contribution < 1.29 is 14.7 Å². The minimum atomic E-state index is -1.03. The second-order valence-corrected chi connectivity index (χ2v) is 6.19. The maximum atomic E-state index is 11.9. The molecule has 1 saturated heterocycles. The van der Waals surface area contributed by atoms with Crippen LogP contribution in [0.4, 0.5) is 5.69 Å². The van der Waals surface area contributed by atoms with Crippen molar-refractivity contribution in [3.05, 3.63) is 27.3 Å². The lowest BCUT2D eigenvalue weighted by molar-refractivity contribution is -0.116. The van der Waals surface area contributed by atoms with Crippen molar-refractivity contribution >= 4 is 40.2 Å². The topological polar surface area (TPSA) is 78.4 Å². The highest BCUT2D eigenvalue weighted by Crippen LogP contribution is 2.20. The van der Waals surface area contributed by atoms with Gasteiger partial charge in [-0.2, -0.15) is 0 Å². The molecule has 1 atom stereocenters. The largest absolute Gasteiger partial charge is 0.478 e. The number of anilines is 1. The quantitative estimate of drug-likeness (QED) is 0.677. The van der Waals surface area contributed by atoms with Gasteiger partial charge in [-0.25, -0.2) is 4.79 Å². The molecule has 3 N–H and O–H groups in total. The molecule has 0 radical (unpaired) electrons. The molecule has 1 aromatic carbocycles. The summed E-state index contributed by atoms with van der Waals surface area (Å²) in [5, 5.41) is 15.1. The van der Waals surface area contributed by atoms with Crippen molar-refractivity contribution in [3.63, 3.8) is 0 Å². The van der Waals surface area contributed by atoms with Gasteiger partial charge in [0.15, 0.2) is 0 Å². The van der Waals surface area contributed by atoms with Crippen molar-refractivity contribution in [2.75, 3.05) is 18.4 Å². The number of halogens is 1. The Morgan fingerprint density at radius 2 is 2.25 bits per heavy atom. The standard InChI is InChI=1S/C14H17IN2O3/c15-10-2-3-12(11(7-10)14(19)20)17-13(18)4-1-9-5-6-16-8-9/h2-3,7,9,16H,1,4-6,8H2,(H,17,18)(H,19,20). The van der Waals surface area contributed by atoms with Crippen LogP contribution in [0.2, 0.25) is 0 Å². The average Bonchev–Trinajstić information content (AvgIpc) is 2.91. The zero-order valence-corrected chi connectivity index (χ0v) is 13.1. The van der Waals surface area contributed by atoms with E-state index in [-0.39, 0.29) is 11.5 Å². The van der Waals surface area contributed by atoms with Crippen LogP contribution in [0.3, 0.4) is 0 Å². The fourth-order valence-corrected chi connectivity index (χ4v) is 2.80. The number of carbonyl (C=O) groups excluding carboxylic acids is 1. The molecule has 5 nitrogen and oxygen atoms in total. The summed E-state index contributed by atoms with van der Waals surface area (Å²) in [6.45, 7) is 1.99. The molecule has 0 spiro atoms. The zero-order chi connectivity index (χ0) is 14.5.